The van der Waals surface area contributed by atoms with Gasteiger partial charge in [-0.05, 0) is 49.5 Å². The molecule has 1 fully saturated rings. The van der Waals surface area contributed by atoms with Gasteiger partial charge in [0.05, 0.1) is 4.90 Å². The Hall–Kier alpha value is -0.870. The Balaban J connectivity index is 0.00000102. The van der Waals surface area contributed by atoms with E-state index in [1.807, 2.05) is 39.8 Å². The van der Waals surface area contributed by atoms with Gasteiger partial charge in [-0.1, -0.05) is 46.8 Å². The third kappa shape index (κ3) is 7.41. The largest absolute Gasteiger partial charge is 0.299 e. The van der Waals surface area contributed by atoms with E-state index >= 15 is 0 Å². The van der Waals surface area contributed by atoms with Crippen LogP contribution in [0.15, 0.2) is 29.2 Å². The smallest absolute Gasteiger partial charge is 0.175 e. The zero-order chi connectivity index (χ0) is 17.2. The molecule has 3 nitrogen and oxygen atoms in total. The van der Waals surface area contributed by atoms with Crippen LogP contribution in [-0.2, 0) is 16.4 Å². The molecule has 0 aliphatic carbocycles. The number of hydrogen-bond donors (Lipinski definition) is 0. The average molecular weight is 328 g/mol. The number of sulfone groups is 1. The van der Waals surface area contributed by atoms with Gasteiger partial charge in [-0.3, -0.25) is 4.90 Å². The maximum absolute atomic E-state index is 11.5. The Morgan fingerprint density at radius 3 is 2.14 bits per heavy atom. The van der Waals surface area contributed by atoms with Crippen molar-refractivity contribution in [3.8, 4) is 0 Å². The summed E-state index contributed by atoms with van der Waals surface area (Å²) >= 11 is 0. The normalized spacial score (nSPS) is 16.1. The number of hydrogen-bond acceptors (Lipinski definition) is 3. The Morgan fingerprint density at radius 1 is 1.09 bits per heavy atom. The highest BCUT2D eigenvalue weighted by atomic mass is 32.2. The summed E-state index contributed by atoms with van der Waals surface area (Å²) in [6, 6.07) is 7.30. The Morgan fingerprint density at radius 2 is 1.64 bits per heavy atom. The number of benzene rings is 1. The van der Waals surface area contributed by atoms with Gasteiger partial charge < -0.3 is 0 Å². The molecule has 22 heavy (non-hydrogen) atoms. The molecular formula is C18H33NO2S. The van der Waals surface area contributed by atoms with E-state index in [2.05, 4.69) is 11.8 Å². The average Bonchev–Trinajstić information content (AvgIpc) is 2.53. The lowest BCUT2D eigenvalue weighted by atomic mass is 9.99. The van der Waals surface area contributed by atoms with Gasteiger partial charge in [0.2, 0.25) is 0 Å². The molecular weight excluding hydrogens is 294 g/mol. The van der Waals surface area contributed by atoms with Crippen LogP contribution in [0.2, 0.25) is 0 Å². The summed E-state index contributed by atoms with van der Waals surface area (Å²) in [5.41, 5.74) is 1.09. The fourth-order valence-electron chi connectivity index (χ4n) is 2.35. The maximum Gasteiger partial charge on any atom is 0.175 e. The molecule has 0 saturated carbocycles. The van der Waals surface area contributed by atoms with E-state index in [1.165, 1.54) is 19.1 Å². The van der Waals surface area contributed by atoms with Crippen molar-refractivity contribution in [2.75, 3.05) is 19.3 Å². The van der Waals surface area contributed by atoms with E-state index in [1.54, 1.807) is 12.1 Å². The van der Waals surface area contributed by atoms with Crippen molar-refractivity contribution in [1.29, 1.82) is 0 Å². The fourth-order valence-corrected chi connectivity index (χ4v) is 3.04. The number of likely N-dealkylation sites (tertiary alicyclic amines) is 1. The summed E-state index contributed by atoms with van der Waals surface area (Å²) in [5, 5.41) is 0. The number of nitrogens with zero attached hydrogens (tertiary/aromatic N) is 1. The third-order valence-electron chi connectivity index (χ3n) is 3.61. The predicted octanol–water partition coefficient (Wildman–Crippen LogP) is 4.37. The zero-order valence-corrected chi connectivity index (χ0v) is 15.9. The van der Waals surface area contributed by atoms with Gasteiger partial charge in [0, 0.05) is 12.8 Å². The highest BCUT2D eigenvalue weighted by Gasteiger charge is 2.16. The SMILES string of the molecule is CC.CC.CC1CCN(Cc2cccc(S(C)(=O)=O)c2)CC1. The second-order valence-corrected chi connectivity index (χ2v) is 7.39. The van der Waals surface area contributed by atoms with E-state index < -0.39 is 9.84 Å². The lowest BCUT2D eigenvalue weighted by molar-refractivity contribution is 0.185. The number of rotatable bonds is 3. The van der Waals surface area contributed by atoms with Crippen molar-refractivity contribution in [3.63, 3.8) is 0 Å². The first-order valence-corrected chi connectivity index (χ1v) is 10.4. The summed E-state index contributed by atoms with van der Waals surface area (Å²) in [4.78, 5) is 2.83. The summed E-state index contributed by atoms with van der Waals surface area (Å²) in [6.45, 7) is 13.4. The highest BCUT2D eigenvalue weighted by Crippen LogP contribution is 2.19. The molecule has 1 aromatic carbocycles. The third-order valence-corrected chi connectivity index (χ3v) is 4.72. The van der Waals surface area contributed by atoms with Crippen molar-refractivity contribution in [2.24, 2.45) is 5.92 Å². The van der Waals surface area contributed by atoms with Gasteiger partial charge in [-0.25, -0.2) is 8.42 Å². The Labute approximate surface area is 137 Å². The predicted molar refractivity (Wildman–Crippen MR) is 95.9 cm³/mol. The minimum Gasteiger partial charge on any atom is -0.299 e. The molecule has 0 aromatic heterocycles. The van der Waals surface area contributed by atoms with E-state index in [4.69, 9.17) is 0 Å². The standard InChI is InChI=1S/C14H21NO2S.2C2H6/c1-12-6-8-15(9-7-12)11-13-4-3-5-14(10-13)18(2,16)17;2*1-2/h3-5,10,12H,6-9,11H2,1-2H3;2*1-2H3. The quantitative estimate of drug-likeness (QED) is 0.827. The molecule has 2 rings (SSSR count). The molecule has 128 valence electrons. The van der Waals surface area contributed by atoms with Crippen LogP contribution in [0, 0.1) is 5.92 Å². The lowest BCUT2D eigenvalue weighted by Gasteiger charge is -2.30. The highest BCUT2D eigenvalue weighted by molar-refractivity contribution is 7.90. The monoisotopic (exact) mass is 327 g/mol. The molecule has 1 saturated heterocycles. The minimum atomic E-state index is -3.09. The topological polar surface area (TPSA) is 37.4 Å². The van der Waals surface area contributed by atoms with Crippen molar-refractivity contribution in [2.45, 2.75) is 58.9 Å². The van der Waals surface area contributed by atoms with Crippen LogP contribution in [0.5, 0.6) is 0 Å². The van der Waals surface area contributed by atoms with Crippen molar-refractivity contribution in [1.82, 2.24) is 4.90 Å². The number of piperidine rings is 1. The van der Waals surface area contributed by atoms with Crippen molar-refractivity contribution >= 4 is 9.84 Å². The van der Waals surface area contributed by atoms with E-state index in [-0.39, 0.29) is 0 Å². The maximum atomic E-state index is 11.5. The first-order valence-electron chi connectivity index (χ1n) is 8.46. The molecule has 1 aromatic rings. The molecule has 0 N–H and O–H groups in total. The summed E-state index contributed by atoms with van der Waals surface area (Å²) < 4.78 is 23.0. The van der Waals surface area contributed by atoms with Gasteiger partial charge in [0.25, 0.3) is 0 Å². The first-order chi connectivity index (χ1) is 10.4. The van der Waals surface area contributed by atoms with Gasteiger partial charge in [0.1, 0.15) is 0 Å². The van der Waals surface area contributed by atoms with E-state index in [9.17, 15) is 8.42 Å². The molecule has 0 unspecified atom stereocenters. The molecule has 1 heterocycles. The Bertz CT molecular complexity index is 504. The molecule has 0 radical (unpaired) electrons. The van der Waals surface area contributed by atoms with Crippen LogP contribution in [0.1, 0.15) is 53.0 Å². The van der Waals surface area contributed by atoms with Gasteiger partial charge in [0.15, 0.2) is 9.84 Å². The van der Waals surface area contributed by atoms with Crippen LogP contribution in [0.3, 0.4) is 0 Å². The van der Waals surface area contributed by atoms with E-state index in [0.717, 1.165) is 31.1 Å². The zero-order valence-electron chi connectivity index (χ0n) is 15.1. The lowest BCUT2D eigenvalue weighted by Crippen LogP contribution is -2.32. The molecule has 0 bridgehead atoms. The first kappa shape index (κ1) is 21.1. The van der Waals surface area contributed by atoms with Gasteiger partial charge >= 0.3 is 0 Å². The van der Waals surface area contributed by atoms with Crippen LogP contribution < -0.4 is 0 Å². The summed E-state index contributed by atoms with van der Waals surface area (Å²) in [5.74, 6) is 0.823. The summed E-state index contributed by atoms with van der Waals surface area (Å²) in [6.07, 6.45) is 3.74. The molecule has 4 heteroatoms. The van der Waals surface area contributed by atoms with Crippen molar-refractivity contribution in [3.05, 3.63) is 29.8 Å². The molecule has 0 amide bonds. The summed E-state index contributed by atoms with van der Waals surface area (Å²) in [7, 11) is -3.09. The van der Waals surface area contributed by atoms with Gasteiger partial charge in [-0.2, -0.15) is 0 Å². The van der Waals surface area contributed by atoms with Crippen LogP contribution >= 0.6 is 0 Å². The minimum absolute atomic E-state index is 0.422. The molecule has 1 aliphatic heterocycles. The van der Waals surface area contributed by atoms with Crippen LogP contribution in [-0.4, -0.2) is 32.7 Å². The fraction of sp³-hybridized carbons (Fsp3) is 0.667. The van der Waals surface area contributed by atoms with Crippen LogP contribution in [0.4, 0.5) is 0 Å². The second kappa shape index (κ2) is 10.8. The van der Waals surface area contributed by atoms with E-state index in [0.29, 0.717) is 4.90 Å². The molecule has 1 aliphatic rings. The molecule has 0 spiro atoms. The molecule has 0 atom stereocenters. The second-order valence-electron chi connectivity index (χ2n) is 5.38. The Kier molecular flexibility index (Phi) is 10.4. The van der Waals surface area contributed by atoms with Crippen LogP contribution in [0.25, 0.3) is 0 Å². The van der Waals surface area contributed by atoms with Gasteiger partial charge in [-0.15, -0.1) is 0 Å². The van der Waals surface area contributed by atoms with Crippen molar-refractivity contribution < 1.29 is 8.42 Å².